The van der Waals surface area contributed by atoms with Crippen molar-refractivity contribution in [2.24, 2.45) is 0 Å². The van der Waals surface area contributed by atoms with E-state index in [1.54, 1.807) is 19.2 Å². The zero-order valence-electron chi connectivity index (χ0n) is 24.1. The van der Waals surface area contributed by atoms with Crippen LogP contribution in [-0.2, 0) is 17.6 Å². The van der Waals surface area contributed by atoms with E-state index in [0.717, 1.165) is 28.3 Å². The second-order valence-electron chi connectivity index (χ2n) is 11.5. The van der Waals surface area contributed by atoms with Crippen molar-refractivity contribution in [1.29, 1.82) is 0 Å². The van der Waals surface area contributed by atoms with E-state index >= 15 is 0 Å². The molecule has 0 spiro atoms. The lowest BCUT2D eigenvalue weighted by atomic mass is 10.1. The molecule has 1 aliphatic heterocycles. The predicted molar refractivity (Wildman–Crippen MR) is 157 cm³/mol. The van der Waals surface area contributed by atoms with E-state index in [2.05, 4.69) is 61.6 Å². The van der Waals surface area contributed by atoms with E-state index in [1.165, 1.54) is 6.07 Å². The Kier molecular flexibility index (Phi) is 8.66. The molecule has 3 aromatic rings. The van der Waals surface area contributed by atoms with Crippen molar-refractivity contribution in [3.05, 3.63) is 95.7 Å². The van der Waals surface area contributed by atoms with Gasteiger partial charge in [-0.1, -0.05) is 32.9 Å². The van der Waals surface area contributed by atoms with Gasteiger partial charge in [0.2, 0.25) is 0 Å². The lowest BCUT2D eigenvalue weighted by Gasteiger charge is -2.36. The Morgan fingerprint density at radius 3 is 2.41 bits per heavy atom. The molecule has 1 aromatic heterocycles. The van der Waals surface area contributed by atoms with E-state index < -0.39 is 8.32 Å². The number of halogens is 1. The molecule has 1 atom stereocenters. The van der Waals surface area contributed by atoms with Crippen molar-refractivity contribution in [1.82, 2.24) is 9.88 Å². The van der Waals surface area contributed by atoms with Gasteiger partial charge in [-0.05, 0) is 78.6 Å². The first-order valence-electron chi connectivity index (χ1n) is 13.3. The van der Waals surface area contributed by atoms with Crippen molar-refractivity contribution >= 4 is 14.1 Å². The van der Waals surface area contributed by atoms with Crippen LogP contribution in [0.15, 0.2) is 73.2 Å². The fraction of sp³-hybridized carbons (Fsp3) is 0.387. The first-order chi connectivity index (χ1) is 18.5. The van der Waals surface area contributed by atoms with Crippen molar-refractivity contribution in [3.8, 4) is 11.5 Å². The van der Waals surface area contributed by atoms with E-state index in [1.807, 2.05) is 48.9 Å². The van der Waals surface area contributed by atoms with Gasteiger partial charge >= 0.3 is 0 Å². The molecule has 208 valence electrons. The fourth-order valence-electron chi connectivity index (χ4n) is 4.06. The molecular weight excluding hydrogens is 509 g/mol. The molecule has 0 saturated heterocycles. The lowest BCUT2D eigenvalue weighted by Crippen LogP contribution is -2.40. The molecule has 1 unspecified atom stereocenters. The Hall–Kier alpha value is -3.36. The first kappa shape index (κ1) is 28.6. The largest absolute Gasteiger partial charge is 0.497 e. The normalized spacial score (nSPS) is 14.6. The summed E-state index contributed by atoms with van der Waals surface area (Å²) >= 11 is 0. The van der Waals surface area contributed by atoms with Crippen molar-refractivity contribution in [3.63, 3.8) is 0 Å². The molecule has 0 N–H and O–H groups in total. The minimum atomic E-state index is -1.85. The topological polar surface area (TPSA) is 47.1 Å². The number of ether oxygens (including phenoxy) is 2. The summed E-state index contributed by atoms with van der Waals surface area (Å²) in [5.74, 6) is 2.02. The summed E-state index contributed by atoms with van der Waals surface area (Å²) in [4.78, 5) is 8.83. The molecule has 2 heterocycles. The third-order valence-electron chi connectivity index (χ3n) is 7.74. The van der Waals surface area contributed by atoms with Crippen LogP contribution in [0.3, 0.4) is 0 Å². The Balaban J connectivity index is 1.42. The molecular formula is C31H40FN3O3Si. The Labute approximate surface area is 233 Å². The van der Waals surface area contributed by atoms with Gasteiger partial charge in [-0.25, -0.2) is 9.37 Å². The van der Waals surface area contributed by atoms with Crippen LogP contribution in [0.25, 0.3) is 0 Å². The molecule has 4 rings (SSSR count). The molecule has 39 heavy (non-hydrogen) atoms. The fourth-order valence-corrected chi connectivity index (χ4v) is 5.02. The maximum Gasteiger partial charge on any atom is 0.192 e. The molecule has 0 saturated carbocycles. The number of methoxy groups -OCH3 is 1. The number of pyridine rings is 1. The van der Waals surface area contributed by atoms with Crippen LogP contribution in [0.5, 0.6) is 11.5 Å². The van der Waals surface area contributed by atoms with Gasteiger partial charge in [0.05, 0.1) is 26.4 Å². The SMILES string of the molecule is COc1ccc(COc2ccc(F)cc2C(C)N2C=CN(c3cc(CO[Si](C)(C)C(C)(C)C)ccn3)C2)cc1. The Bertz CT molecular complexity index is 1290. The molecule has 0 aliphatic carbocycles. The lowest BCUT2D eigenvalue weighted by molar-refractivity contribution is 0.275. The second kappa shape index (κ2) is 11.8. The van der Waals surface area contributed by atoms with Gasteiger partial charge in [0.1, 0.15) is 29.7 Å². The third kappa shape index (κ3) is 6.99. The van der Waals surface area contributed by atoms with Gasteiger partial charge in [-0.3, -0.25) is 0 Å². The number of hydrogen-bond donors (Lipinski definition) is 0. The zero-order chi connectivity index (χ0) is 28.2. The summed E-state index contributed by atoms with van der Waals surface area (Å²) < 4.78 is 32.1. The average Bonchev–Trinajstić information content (AvgIpc) is 3.41. The molecule has 0 radical (unpaired) electrons. The Morgan fingerprint density at radius 2 is 1.72 bits per heavy atom. The molecule has 8 heteroatoms. The van der Waals surface area contributed by atoms with E-state index in [0.29, 0.717) is 25.6 Å². The van der Waals surface area contributed by atoms with Gasteiger partial charge < -0.3 is 23.7 Å². The van der Waals surface area contributed by atoms with Crippen LogP contribution < -0.4 is 14.4 Å². The van der Waals surface area contributed by atoms with Crippen LogP contribution in [0, 0.1) is 5.82 Å². The molecule has 0 bridgehead atoms. The Morgan fingerprint density at radius 1 is 0.974 bits per heavy atom. The van der Waals surface area contributed by atoms with Crippen LogP contribution in [0.1, 0.15) is 50.4 Å². The van der Waals surface area contributed by atoms with Gasteiger partial charge in [-0.15, -0.1) is 0 Å². The summed E-state index contributed by atoms with van der Waals surface area (Å²) in [7, 11) is -0.206. The van der Waals surface area contributed by atoms with E-state index in [9.17, 15) is 4.39 Å². The first-order valence-corrected chi connectivity index (χ1v) is 16.2. The summed E-state index contributed by atoms with van der Waals surface area (Å²) in [6.07, 6.45) is 5.86. The number of benzene rings is 2. The quantitative estimate of drug-likeness (QED) is 0.242. The van der Waals surface area contributed by atoms with Crippen LogP contribution in [0.4, 0.5) is 10.2 Å². The van der Waals surface area contributed by atoms with Crippen molar-refractivity contribution in [2.75, 3.05) is 18.7 Å². The summed E-state index contributed by atoms with van der Waals surface area (Å²) in [5, 5.41) is 0.158. The summed E-state index contributed by atoms with van der Waals surface area (Å²) in [6.45, 7) is 14.9. The maximum absolute atomic E-state index is 14.3. The molecule has 6 nitrogen and oxygen atoms in total. The van der Waals surface area contributed by atoms with E-state index in [4.69, 9.17) is 13.9 Å². The molecule has 2 aromatic carbocycles. The van der Waals surface area contributed by atoms with E-state index in [-0.39, 0.29) is 16.9 Å². The number of hydrogen-bond acceptors (Lipinski definition) is 6. The highest BCUT2D eigenvalue weighted by molar-refractivity contribution is 6.74. The van der Waals surface area contributed by atoms with Crippen LogP contribution in [-0.4, -0.2) is 32.0 Å². The molecule has 0 fully saturated rings. The average molecular weight is 550 g/mol. The minimum absolute atomic E-state index is 0.113. The zero-order valence-corrected chi connectivity index (χ0v) is 25.1. The van der Waals surface area contributed by atoms with Gasteiger partial charge in [0.25, 0.3) is 0 Å². The summed E-state index contributed by atoms with van der Waals surface area (Å²) in [5.41, 5.74) is 2.90. The third-order valence-corrected chi connectivity index (χ3v) is 12.2. The molecule has 1 aliphatic rings. The molecule has 0 amide bonds. The standard InChI is InChI=1S/C31H40FN3O3Si/c1-23(28-19-26(32)10-13-29(28)37-20-24-8-11-27(36-5)12-9-24)34-16-17-35(22-34)30-18-25(14-15-33-30)21-38-39(6,7)31(2,3)4/h8-19,23H,20-22H2,1-7H3. The van der Waals surface area contributed by atoms with Gasteiger partial charge in [-0.2, -0.15) is 0 Å². The highest BCUT2D eigenvalue weighted by atomic mass is 28.4. The summed E-state index contributed by atoms with van der Waals surface area (Å²) in [6, 6.07) is 16.4. The second-order valence-corrected chi connectivity index (χ2v) is 16.3. The van der Waals surface area contributed by atoms with Gasteiger partial charge in [0, 0.05) is 24.2 Å². The highest BCUT2D eigenvalue weighted by Crippen LogP contribution is 2.37. The highest BCUT2D eigenvalue weighted by Gasteiger charge is 2.37. The number of aromatic nitrogens is 1. The smallest absolute Gasteiger partial charge is 0.192 e. The van der Waals surface area contributed by atoms with Crippen molar-refractivity contribution < 1.29 is 18.3 Å². The van der Waals surface area contributed by atoms with Crippen LogP contribution >= 0.6 is 0 Å². The van der Waals surface area contributed by atoms with Gasteiger partial charge in [0.15, 0.2) is 8.32 Å². The maximum atomic E-state index is 14.3. The minimum Gasteiger partial charge on any atom is -0.497 e. The predicted octanol–water partition coefficient (Wildman–Crippen LogP) is 7.64. The number of nitrogens with zero attached hydrogens (tertiary/aromatic N) is 3. The van der Waals surface area contributed by atoms with Crippen molar-refractivity contribution in [2.45, 2.75) is 65.1 Å². The number of anilines is 1. The monoisotopic (exact) mass is 549 g/mol. The number of rotatable bonds is 10. The van der Waals surface area contributed by atoms with Crippen LogP contribution in [0.2, 0.25) is 18.1 Å².